The number of hydrogen-bond donors (Lipinski definition) is 0. The maximum Gasteiger partial charge on any atom is 0.0972 e. The summed E-state index contributed by atoms with van der Waals surface area (Å²) < 4.78 is 0. The molecule has 5 heteroatoms. The highest BCUT2D eigenvalue weighted by Crippen LogP contribution is 2.32. The van der Waals surface area contributed by atoms with E-state index in [-0.39, 0.29) is 0 Å². The van der Waals surface area contributed by atoms with E-state index in [9.17, 15) is 0 Å². The van der Waals surface area contributed by atoms with Gasteiger partial charge in [-0.3, -0.25) is 0 Å². The Morgan fingerprint density at radius 1 is 0.214 bits per heavy atom. The second-order valence-corrected chi connectivity index (χ2v) is 14.1. The van der Waals surface area contributed by atoms with Gasteiger partial charge in [0, 0.05) is 43.6 Å². The van der Waals surface area contributed by atoms with Crippen LogP contribution in [-0.2, 0) is 0 Å². The molecule has 0 atom stereocenters. The van der Waals surface area contributed by atoms with Crippen molar-refractivity contribution in [3.63, 3.8) is 0 Å². The molecular formula is C51H31N5. The number of para-hydroxylation sites is 1. The summed E-state index contributed by atoms with van der Waals surface area (Å²) >= 11 is 0. The quantitative estimate of drug-likeness (QED) is 0.166. The first-order valence-electron chi connectivity index (χ1n) is 18.7. The first kappa shape index (κ1) is 31.9. The minimum Gasteiger partial charge on any atom is -0.248 e. The number of nitrogens with zero attached hydrogens (tertiary/aromatic N) is 5. The average Bonchev–Trinajstić information content (AvgIpc) is 3.28. The van der Waals surface area contributed by atoms with E-state index in [1.807, 2.05) is 48.5 Å². The van der Waals surface area contributed by atoms with Gasteiger partial charge in [0.1, 0.15) is 0 Å². The maximum atomic E-state index is 5.14. The number of benzene rings is 6. The molecule has 6 aromatic carbocycles. The molecule has 0 bridgehead atoms. The first-order chi connectivity index (χ1) is 27.7. The molecule has 5 aromatic heterocycles. The van der Waals surface area contributed by atoms with Gasteiger partial charge in [0.25, 0.3) is 0 Å². The van der Waals surface area contributed by atoms with Crippen LogP contribution in [0.1, 0.15) is 0 Å². The van der Waals surface area contributed by atoms with E-state index >= 15 is 0 Å². The zero-order valence-electron chi connectivity index (χ0n) is 30.1. The first-order valence-corrected chi connectivity index (χ1v) is 18.7. The van der Waals surface area contributed by atoms with Crippen molar-refractivity contribution in [3.05, 3.63) is 188 Å². The van der Waals surface area contributed by atoms with Gasteiger partial charge in [-0.05, 0) is 65.7 Å². The second kappa shape index (κ2) is 13.0. The van der Waals surface area contributed by atoms with Crippen LogP contribution in [0.2, 0.25) is 0 Å². The highest BCUT2D eigenvalue weighted by atomic mass is 14.8. The monoisotopic (exact) mass is 713 g/mol. The standard InChI is InChI=1S/C51H31N5/c1-2-6-32(7-3-1)44-24-20-37-15-16-38-21-25-45(56-51(38)50(37)55-44)35-12-10-34(11-13-35)43-27-23-41-30-39(22-26-46(41)52-43)40-17-14-36-19-29-48(54-49(36)31-40)47-28-18-33-8-4-5-9-42(33)53-47/h1-31H. The lowest BCUT2D eigenvalue weighted by molar-refractivity contribution is 1.32. The lowest BCUT2D eigenvalue weighted by atomic mass is 10.0. The molecule has 0 aliphatic carbocycles. The normalized spacial score (nSPS) is 11.6. The molecule has 0 aliphatic rings. The Hall–Kier alpha value is -7.63. The minimum absolute atomic E-state index is 0.862. The third-order valence-electron chi connectivity index (χ3n) is 10.6. The van der Waals surface area contributed by atoms with Crippen LogP contribution in [0.5, 0.6) is 0 Å². The van der Waals surface area contributed by atoms with Crippen LogP contribution < -0.4 is 0 Å². The van der Waals surface area contributed by atoms with Gasteiger partial charge in [-0.25, -0.2) is 24.9 Å². The fraction of sp³-hybridized carbons (Fsp3) is 0. The summed E-state index contributed by atoms with van der Waals surface area (Å²) in [5, 5.41) is 5.44. The Kier molecular flexibility index (Phi) is 7.42. The van der Waals surface area contributed by atoms with E-state index in [1.54, 1.807) is 0 Å². The van der Waals surface area contributed by atoms with Crippen molar-refractivity contribution in [2.24, 2.45) is 0 Å². The van der Waals surface area contributed by atoms with Gasteiger partial charge in [0.2, 0.25) is 0 Å². The smallest absolute Gasteiger partial charge is 0.0972 e. The zero-order valence-corrected chi connectivity index (χ0v) is 30.1. The van der Waals surface area contributed by atoms with E-state index < -0.39 is 0 Å². The van der Waals surface area contributed by atoms with E-state index in [4.69, 9.17) is 24.9 Å². The highest BCUT2D eigenvalue weighted by Gasteiger charge is 2.11. The van der Waals surface area contributed by atoms with Crippen molar-refractivity contribution in [3.8, 4) is 56.3 Å². The predicted molar refractivity (Wildman–Crippen MR) is 230 cm³/mol. The Bertz CT molecular complexity index is 3300. The van der Waals surface area contributed by atoms with Crippen molar-refractivity contribution in [2.45, 2.75) is 0 Å². The molecule has 0 unspecified atom stereocenters. The predicted octanol–water partition coefficient (Wildman–Crippen LogP) is 12.8. The van der Waals surface area contributed by atoms with Gasteiger partial charge in [0.05, 0.1) is 56.1 Å². The molecule has 0 spiro atoms. The second-order valence-electron chi connectivity index (χ2n) is 14.1. The van der Waals surface area contributed by atoms with E-state index in [0.717, 1.165) is 111 Å². The number of rotatable bonds is 5. The van der Waals surface area contributed by atoms with Crippen LogP contribution in [0.4, 0.5) is 0 Å². The van der Waals surface area contributed by atoms with Gasteiger partial charge < -0.3 is 0 Å². The summed E-state index contributed by atoms with van der Waals surface area (Å²) in [6, 6.07) is 65.1. The topological polar surface area (TPSA) is 64.5 Å². The van der Waals surface area contributed by atoms with Crippen LogP contribution >= 0.6 is 0 Å². The van der Waals surface area contributed by atoms with Crippen molar-refractivity contribution >= 4 is 54.5 Å². The van der Waals surface area contributed by atoms with Crippen molar-refractivity contribution in [1.29, 1.82) is 0 Å². The van der Waals surface area contributed by atoms with Crippen LogP contribution in [0.25, 0.3) is 111 Å². The SMILES string of the molecule is c1ccc(-c2ccc3ccc4ccc(-c5ccc(-c6ccc7cc(-c8ccc9ccc(-c%10ccc%11ccccc%11n%10)nc9c8)ccc7n6)cc5)nc4c3n2)cc1. The molecule has 0 saturated carbocycles. The third-order valence-corrected chi connectivity index (χ3v) is 10.6. The van der Waals surface area contributed by atoms with Gasteiger partial charge >= 0.3 is 0 Å². The summed E-state index contributed by atoms with van der Waals surface area (Å²) in [5.41, 5.74) is 14.6. The molecular weight excluding hydrogens is 683 g/mol. The molecule has 11 rings (SSSR count). The Morgan fingerprint density at radius 2 is 0.625 bits per heavy atom. The van der Waals surface area contributed by atoms with Crippen LogP contribution in [0.15, 0.2) is 188 Å². The molecule has 56 heavy (non-hydrogen) atoms. The number of hydrogen-bond acceptors (Lipinski definition) is 5. The van der Waals surface area contributed by atoms with Gasteiger partial charge in [-0.2, -0.15) is 0 Å². The van der Waals surface area contributed by atoms with E-state index in [0.29, 0.717) is 0 Å². The Morgan fingerprint density at radius 3 is 1.32 bits per heavy atom. The maximum absolute atomic E-state index is 5.14. The van der Waals surface area contributed by atoms with Gasteiger partial charge in [-0.1, -0.05) is 133 Å². The van der Waals surface area contributed by atoms with Crippen LogP contribution in [-0.4, -0.2) is 24.9 Å². The van der Waals surface area contributed by atoms with Crippen molar-refractivity contribution < 1.29 is 0 Å². The van der Waals surface area contributed by atoms with Gasteiger partial charge in [-0.15, -0.1) is 0 Å². The van der Waals surface area contributed by atoms with E-state index in [1.165, 1.54) is 0 Å². The Balaban J connectivity index is 0.873. The largest absolute Gasteiger partial charge is 0.248 e. The molecule has 5 heterocycles. The summed E-state index contributed by atoms with van der Waals surface area (Å²) in [7, 11) is 0. The number of aromatic nitrogens is 5. The fourth-order valence-electron chi connectivity index (χ4n) is 7.62. The summed E-state index contributed by atoms with van der Waals surface area (Å²) in [5.74, 6) is 0. The lowest BCUT2D eigenvalue weighted by Gasteiger charge is -2.09. The summed E-state index contributed by atoms with van der Waals surface area (Å²) in [4.78, 5) is 25.2. The molecule has 0 saturated heterocycles. The average molecular weight is 714 g/mol. The third kappa shape index (κ3) is 5.70. The fourth-order valence-corrected chi connectivity index (χ4v) is 7.62. The Labute approximate surface area is 322 Å². The van der Waals surface area contributed by atoms with Crippen molar-refractivity contribution in [2.75, 3.05) is 0 Å². The summed E-state index contributed by atoms with van der Waals surface area (Å²) in [6.45, 7) is 0. The number of pyridine rings is 5. The molecule has 0 aliphatic heterocycles. The minimum atomic E-state index is 0.862. The molecule has 0 N–H and O–H groups in total. The zero-order chi connectivity index (χ0) is 37.0. The molecule has 260 valence electrons. The molecule has 0 fully saturated rings. The molecule has 5 nitrogen and oxygen atoms in total. The lowest BCUT2D eigenvalue weighted by Crippen LogP contribution is -1.91. The van der Waals surface area contributed by atoms with Gasteiger partial charge in [0.15, 0.2) is 0 Å². The number of fused-ring (bicyclic) bond motifs is 6. The molecule has 0 amide bonds. The summed E-state index contributed by atoms with van der Waals surface area (Å²) in [6.07, 6.45) is 0. The van der Waals surface area contributed by atoms with Crippen molar-refractivity contribution in [1.82, 2.24) is 24.9 Å². The molecule has 11 aromatic rings. The van der Waals surface area contributed by atoms with E-state index in [2.05, 4.69) is 140 Å². The highest BCUT2D eigenvalue weighted by molar-refractivity contribution is 6.04. The van der Waals surface area contributed by atoms with Crippen LogP contribution in [0.3, 0.4) is 0 Å². The molecule has 0 radical (unpaired) electrons. The van der Waals surface area contributed by atoms with Crippen LogP contribution in [0, 0.1) is 0 Å².